The van der Waals surface area contributed by atoms with Crippen LogP contribution in [0.4, 0.5) is 17.5 Å². The number of aryl methyl sites for hydroxylation is 1. The van der Waals surface area contributed by atoms with Gasteiger partial charge in [-0.05, 0) is 38.0 Å². The smallest absolute Gasteiger partial charge is 0.254 e. The molecule has 152 valence electrons. The number of aromatic nitrogens is 3. The van der Waals surface area contributed by atoms with Crippen molar-refractivity contribution in [2.75, 3.05) is 10.6 Å². The van der Waals surface area contributed by atoms with Gasteiger partial charge in [-0.25, -0.2) is 4.98 Å². The number of hydrogen-bond acceptors (Lipinski definition) is 6. The van der Waals surface area contributed by atoms with Crippen LogP contribution in [0, 0.1) is 0 Å². The number of carbonyl (C=O) groups is 1. The number of rotatable bonds is 6. The maximum absolute atomic E-state index is 11.9. The van der Waals surface area contributed by atoms with E-state index in [-0.39, 0.29) is 17.6 Å². The van der Waals surface area contributed by atoms with Crippen molar-refractivity contribution in [3.05, 3.63) is 42.2 Å². The number of anilines is 3. The largest absolute Gasteiger partial charge is 0.365 e. The first kappa shape index (κ1) is 19.2. The average Bonchev–Trinajstić information content (AvgIpc) is 3.14. The molecule has 2 aromatic heterocycles. The highest BCUT2D eigenvalue weighted by Crippen LogP contribution is 2.29. The molecule has 8 nitrogen and oxygen atoms in total. The summed E-state index contributed by atoms with van der Waals surface area (Å²) in [5, 5.41) is 7.66. The van der Waals surface area contributed by atoms with E-state index in [2.05, 4.69) is 38.2 Å². The van der Waals surface area contributed by atoms with Gasteiger partial charge in [0.2, 0.25) is 5.95 Å². The van der Waals surface area contributed by atoms with Gasteiger partial charge in [-0.1, -0.05) is 18.9 Å². The zero-order valence-electron chi connectivity index (χ0n) is 16.6. The second-order valence-corrected chi connectivity index (χ2v) is 7.48. The molecule has 4 rings (SSSR count). The van der Waals surface area contributed by atoms with E-state index in [9.17, 15) is 4.79 Å². The van der Waals surface area contributed by atoms with E-state index < -0.39 is 5.91 Å². The number of carbonyl (C=O) groups excluding carboxylic acids is 1. The number of hydrogen-bond donors (Lipinski definition) is 4. The Balaban J connectivity index is 1.67. The van der Waals surface area contributed by atoms with Crippen LogP contribution in [-0.2, 0) is 6.54 Å². The number of nitrogens with zero attached hydrogens (tertiary/aromatic N) is 3. The highest BCUT2D eigenvalue weighted by atomic mass is 16.1. The highest BCUT2D eigenvalue weighted by Gasteiger charge is 2.23. The van der Waals surface area contributed by atoms with Crippen LogP contribution in [0.15, 0.2) is 36.7 Å². The minimum atomic E-state index is -0.577. The fourth-order valence-electron chi connectivity index (χ4n) is 3.97. The molecule has 3 aromatic rings. The van der Waals surface area contributed by atoms with Crippen LogP contribution >= 0.6 is 0 Å². The standard InChI is InChI=1S/C21H27N7O/c1-2-28-11-10-13-16(8-5-9-18(13)28)25-20-14(19(23)29)12-24-21(27-20)26-17-7-4-3-6-15(17)22/h5,8-12,15,17H,2-4,6-7,22H2,1H3,(H2,23,29)(H2,24,25,26,27)/t15-,17+/m0/s1. The molecule has 0 spiro atoms. The van der Waals surface area contributed by atoms with Crippen molar-refractivity contribution in [3.63, 3.8) is 0 Å². The summed E-state index contributed by atoms with van der Waals surface area (Å²) in [7, 11) is 0. The Morgan fingerprint density at radius 3 is 2.86 bits per heavy atom. The van der Waals surface area contributed by atoms with Crippen molar-refractivity contribution in [2.24, 2.45) is 11.5 Å². The first-order valence-electron chi connectivity index (χ1n) is 10.1. The molecule has 1 aliphatic rings. The van der Waals surface area contributed by atoms with Gasteiger partial charge in [-0.15, -0.1) is 0 Å². The lowest BCUT2D eigenvalue weighted by atomic mass is 9.91. The molecule has 2 atom stereocenters. The first-order chi connectivity index (χ1) is 14.1. The second-order valence-electron chi connectivity index (χ2n) is 7.48. The summed E-state index contributed by atoms with van der Waals surface area (Å²) in [6.07, 6.45) is 7.75. The maximum Gasteiger partial charge on any atom is 0.254 e. The molecule has 2 heterocycles. The number of fused-ring (bicyclic) bond motifs is 1. The van der Waals surface area contributed by atoms with Crippen molar-refractivity contribution in [3.8, 4) is 0 Å². The van der Waals surface area contributed by atoms with Crippen LogP contribution in [0.25, 0.3) is 10.9 Å². The minimum absolute atomic E-state index is 0.0714. The lowest BCUT2D eigenvalue weighted by molar-refractivity contribution is 0.100. The Bertz CT molecular complexity index is 1030. The molecule has 1 amide bonds. The molecule has 8 heteroatoms. The third-order valence-corrected chi connectivity index (χ3v) is 5.60. The van der Waals surface area contributed by atoms with E-state index in [4.69, 9.17) is 11.5 Å². The highest BCUT2D eigenvalue weighted by molar-refractivity contribution is 6.00. The zero-order valence-corrected chi connectivity index (χ0v) is 16.6. The predicted molar refractivity (Wildman–Crippen MR) is 115 cm³/mol. The molecule has 1 aromatic carbocycles. The van der Waals surface area contributed by atoms with E-state index in [1.54, 1.807) is 0 Å². The Labute approximate surface area is 169 Å². The third kappa shape index (κ3) is 3.88. The van der Waals surface area contributed by atoms with Crippen LogP contribution in [0.3, 0.4) is 0 Å². The lowest BCUT2D eigenvalue weighted by Gasteiger charge is -2.29. The summed E-state index contributed by atoms with van der Waals surface area (Å²) in [5.41, 5.74) is 14.0. The second kappa shape index (κ2) is 8.08. The summed E-state index contributed by atoms with van der Waals surface area (Å²) in [4.78, 5) is 20.8. The fraction of sp³-hybridized carbons (Fsp3) is 0.381. The monoisotopic (exact) mass is 393 g/mol. The van der Waals surface area contributed by atoms with E-state index in [0.717, 1.165) is 48.8 Å². The number of nitrogens with two attached hydrogens (primary N) is 2. The Hall–Kier alpha value is -3.13. The molecule has 0 bridgehead atoms. The Morgan fingerprint density at radius 1 is 1.28 bits per heavy atom. The fourth-order valence-corrected chi connectivity index (χ4v) is 3.97. The predicted octanol–water partition coefficient (Wildman–Crippen LogP) is 2.98. The van der Waals surface area contributed by atoms with Gasteiger partial charge in [0.05, 0.1) is 5.52 Å². The van der Waals surface area contributed by atoms with Crippen LogP contribution in [0.2, 0.25) is 0 Å². The van der Waals surface area contributed by atoms with E-state index in [1.807, 2.05) is 24.4 Å². The molecule has 0 saturated heterocycles. The van der Waals surface area contributed by atoms with Gasteiger partial charge in [-0.3, -0.25) is 4.79 Å². The summed E-state index contributed by atoms with van der Waals surface area (Å²) < 4.78 is 2.16. The van der Waals surface area contributed by atoms with Crippen molar-refractivity contribution < 1.29 is 4.79 Å². The van der Waals surface area contributed by atoms with Gasteiger partial charge in [0.1, 0.15) is 11.4 Å². The zero-order chi connectivity index (χ0) is 20.4. The quantitative estimate of drug-likeness (QED) is 0.510. The molecule has 0 radical (unpaired) electrons. The number of nitrogens with one attached hydrogen (secondary N) is 2. The van der Waals surface area contributed by atoms with Crippen molar-refractivity contribution in [1.29, 1.82) is 0 Å². The van der Waals surface area contributed by atoms with Crippen molar-refractivity contribution >= 4 is 34.3 Å². The van der Waals surface area contributed by atoms with Crippen LogP contribution in [-0.4, -0.2) is 32.5 Å². The Morgan fingerprint density at radius 2 is 2.10 bits per heavy atom. The topological polar surface area (TPSA) is 124 Å². The van der Waals surface area contributed by atoms with Gasteiger partial charge in [0.15, 0.2) is 0 Å². The molecule has 1 fully saturated rings. The molecule has 1 aliphatic carbocycles. The number of primary amides is 1. The number of benzene rings is 1. The summed E-state index contributed by atoms with van der Waals surface area (Å²) in [6, 6.07) is 8.24. The normalized spacial score (nSPS) is 19.2. The molecular weight excluding hydrogens is 366 g/mol. The van der Waals surface area contributed by atoms with E-state index in [0.29, 0.717) is 11.8 Å². The van der Waals surface area contributed by atoms with Gasteiger partial charge in [-0.2, -0.15) is 4.98 Å². The van der Waals surface area contributed by atoms with Crippen LogP contribution < -0.4 is 22.1 Å². The summed E-state index contributed by atoms with van der Waals surface area (Å²) in [6.45, 7) is 2.98. The number of amides is 1. The SMILES string of the molecule is CCn1ccc2c(Nc3nc(N[C@@H]4CCCC[C@@H]4N)ncc3C(N)=O)cccc21. The van der Waals surface area contributed by atoms with Gasteiger partial charge in [0.25, 0.3) is 5.91 Å². The lowest BCUT2D eigenvalue weighted by Crippen LogP contribution is -2.43. The maximum atomic E-state index is 11.9. The molecular formula is C21H27N7O. The van der Waals surface area contributed by atoms with E-state index >= 15 is 0 Å². The van der Waals surface area contributed by atoms with Crippen molar-refractivity contribution in [2.45, 2.75) is 51.2 Å². The molecule has 29 heavy (non-hydrogen) atoms. The van der Waals surface area contributed by atoms with Gasteiger partial charge >= 0.3 is 0 Å². The molecule has 1 saturated carbocycles. The van der Waals surface area contributed by atoms with Crippen LogP contribution in [0.1, 0.15) is 43.0 Å². The van der Waals surface area contributed by atoms with Gasteiger partial charge < -0.3 is 26.7 Å². The average molecular weight is 393 g/mol. The minimum Gasteiger partial charge on any atom is -0.365 e. The van der Waals surface area contributed by atoms with Crippen molar-refractivity contribution in [1.82, 2.24) is 14.5 Å². The molecule has 0 unspecified atom stereocenters. The van der Waals surface area contributed by atoms with Gasteiger partial charge in [0, 0.05) is 42.1 Å². The third-order valence-electron chi connectivity index (χ3n) is 5.60. The Kier molecular flexibility index (Phi) is 5.35. The summed E-state index contributed by atoms with van der Waals surface area (Å²) in [5.74, 6) is 0.251. The van der Waals surface area contributed by atoms with E-state index in [1.165, 1.54) is 6.20 Å². The summed E-state index contributed by atoms with van der Waals surface area (Å²) >= 11 is 0. The molecule has 0 aliphatic heterocycles. The first-order valence-corrected chi connectivity index (χ1v) is 10.1. The van der Waals surface area contributed by atoms with Crippen LogP contribution in [0.5, 0.6) is 0 Å². The molecule has 6 N–H and O–H groups in total.